The molecule has 0 aliphatic heterocycles. The lowest BCUT2D eigenvalue weighted by molar-refractivity contribution is -0.129. The number of nitrogens with two attached hydrogens (primary N) is 1. The van der Waals surface area contributed by atoms with Gasteiger partial charge in [0.1, 0.15) is 0 Å². The number of hydrogen-bond donors (Lipinski definition) is 2. The number of hydrogen-bond acceptors (Lipinski definition) is 4. The molecule has 1 aromatic heterocycles. The summed E-state index contributed by atoms with van der Waals surface area (Å²) in [5, 5.41) is 3.98. The molecule has 1 aromatic carbocycles. The molecule has 3 rings (SSSR count). The number of fused-ring (bicyclic) bond motifs is 1. The SMILES string of the molecule is Cl.NC1(C(=O)NCCc2nc3ccccc3s2)CCC1. The minimum Gasteiger partial charge on any atom is -0.354 e. The van der Waals surface area contributed by atoms with E-state index in [4.69, 9.17) is 5.73 Å². The normalized spacial score (nSPS) is 16.2. The van der Waals surface area contributed by atoms with Gasteiger partial charge in [-0.2, -0.15) is 0 Å². The van der Waals surface area contributed by atoms with Crippen LogP contribution in [0.5, 0.6) is 0 Å². The van der Waals surface area contributed by atoms with Crippen molar-refractivity contribution in [2.24, 2.45) is 5.73 Å². The number of para-hydroxylation sites is 1. The molecule has 0 saturated heterocycles. The van der Waals surface area contributed by atoms with Crippen LogP contribution in [0.4, 0.5) is 0 Å². The van der Waals surface area contributed by atoms with Gasteiger partial charge < -0.3 is 11.1 Å². The van der Waals surface area contributed by atoms with Crippen molar-refractivity contribution in [3.05, 3.63) is 29.3 Å². The highest BCUT2D eigenvalue weighted by Crippen LogP contribution is 2.29. The van der Waals surface area contributed by atoms with Crippen molar-refractivity contribution in [2.45, 2.75) is 31.2 Å². The number of nitrogens with zero attached hydrogens (tertiary/aromatic N) is 1. The van der Waals surface area contributed by atoms with E-state index in [0.717, 1.165) is 36.2 Å². The molecule has 0 atom stereocenters. The predicted octanol–water partition coefficient (Wildman–Crippen LogP) is 2.26. The fraction of sp³-hybridized carbons (Fsp3) is 0.429. The van der Waals surface area contributed by atoms with Gasteiger partial charge in [0.25, 0.3) is 0 Å². The molecule has 0 radical (unpaired) electrons. The molecule has 3 N–H and O–H groups in total. The van der Waals surface area contributed by atoms with E-state index in [2.05, 4.69) is 16.4 Å². The van der Waals surface area contributed by atoms with Gasteiger partial charge in [-0.1, -0.05) is 12.1 Å². The predicted molar refractivity (Wildman–Crippen MR) is 84.4 cm³/mol. The Balaban J connectivity index is 0.00000147. The van der Waals surface area contributed by atoms with Crippen LogP contribution in [0, 0.1) is 0 Å². The number of aromatic nitrogens is 1. The van der Waals surface area contributed by atoms with Gasteiger partial charge in [0.2, 0.25) is 5.91 Å². The second-order valence-electron chi connectivity index (χ2n) is 5.09. The zero-order valence-electron chi connectivity index (χ0n) is 11.1. The first-order valence-corrected chi connectivity index (χ1v) is 7.41. The molecule has 1 aliphatic carbocycles. The van der Waals surface area contributed by atoms with E-state index >= 15 is 0 Å². The molecule has 0 unspecified atom stereocenters. The summed E-state index contributed by atoms with van der Waals surface area (Å²) in [6.07, 6.45) is 3.43. The quantitative estimate of drug-likeness (QED) is 0.910. The maximum Gasteiger partial charge on any atom is 0.240 e. The van der Waals surface area contributed by atoms with E-state index in [1.165, 1.54) is 4.70 Å². The van der Waals surface area contributed by atoms with Crippen molar-refractivity contribution in [1.82, 2.24) is 10.3 Å². The Labute approximate surface area is 128 Å². The molecule has 1 saturated carbocycles. The first kappa shape index (κ1) is 15.2. The van der Waals surface area contributed by atoms with Crippen LogP contribution in [0.15, 0.2) is 24.3 Å². The lowest BCUT2D eigenvalue weighted by atomic mass is 9.77. The minimum absolute atomic E-state index is 0. The number of amides is 1. The Morgan fingerprint density at radius 2 is 2.15 bits per heavy atom. The largest absolute Gasteiger partial charge is 0.354 e. The smallest absolute Gasteiger partial charge is 0.240 e. The highest BCUT2D eigenvalue weighted by Gasteiger charge is 2.39. The number of rotatable bonds is 4. The minimum atomic E-state index is -0.604. The topological polar surface area (TPSA) is 68.0 Å². The van der Waals surface area contributed by atoms with Crippen LogP contribution < -0.4 is 11.1 Å². The summed E-state index contributed by atoms with van der Waals surface area (Å²) in [6, 6.07) is 8.08. The molecule has 4 nitrogen and oxygen atoms in total. The number of benzene rings is 1. The molecule has 20 heavy (non-hydrogen) atoms. The zero-order valence-corrected chi connectivity index (χ0v) is 12.7. The van der Waals surface area contributed by atoms with Gasteiger partial charge >= 0.3 is 0 Å². The molecule has 0 bridgehead atoms. The fourth-order valence-electron chi connectivity index (χ4n) is 2.27. The van der Waals surface area contributed by atoms with Gasteiger partial charge in [0.15, 0.2) is 0 Å². The van der Waals surface area contributed by atoms with E-state index < -0.39 is 5.54 Å². The summed E-state index contributed by atoms with van der Waals surface area (Å²) in [7, 11) is 0. The summed E-state index contributed by atoms with van der Waals surface area (Å²) in [5.74, 6) is -0.0140. The zero-order chi connectivity index (χ0) is 13.3. The van der Waals surface area contributed by atoms with Crippen molar-refractivity contribution < 1.29 is 4.79 Å². The van der Waals surface area contributed by atoms with Crippen LogP contribution in [0.25, 0.3) is 10.2 Å². The average Bonchev–Trinajstić information content (AvgIpc) is 2.78. The Kier molecular flexibility index (Phi) is 4.62. The first-order valence-electron chi connectivity index (χ1n) is 6.59. The lowest BCUT2D eigenvalue weighted by Gasteiger charge is -2.36. The maximum absolute atomic E-state index is 11.9. The molecule has 1 amide bonds. The highest BCUT2D eigenvalue weighted by atomic mass is 35.5. The van der Waals surface area contributed by atoms with Gasteiger partial charge in [0, 0.05) is 13.0 Å². The monoisotopic (exact) mass is 311 g/mol. The lowest BCUT2D eigenvalue weighted by Crippen LogP contribution is -2.58. The molecule has 1 aliphatic rings. The summed E-state index contributed by atoms with van der Waals surface area (Å²) >= 11 is 1.68. The fourth-order valence-corrected chi connectivity index (χ4v) is 3.24. The van der Waals surface area contributed by atoms with Crippen LogP contribution in [-0.4, -0.2) is 23.0 Å². The Bertz CT molecular complexity index is 576. The van der Waals surface area contributed by atoms with Crippen LogP contribution in [-0.2, 0) is 11.2 Å². The van der Waals surface area contributed by atoms with Gasteiger partial charge in [-0.25, -0.2) is 4.98 Å². The number of carbonyl (C=O) groups is 1. The standard InChI is InChI=1S/C14H17N3OS.ClH/c15-14(7-3-8-14)13(18)16-9-6-12-17-10-4-1-2-5-11(10)19-12;/h1-2,4-5H,3,6-9,15H2,(H,16,18);1H. The third-order valence-corrected chi connectivity index (χ3v) is 4.76. The summed E-state index contributed by atoms with van der Waals surface area (Å²) in [6.45, 7) is 0.609. The number of halogens is 1. The van der Waals surface area contributed by atoms with Gasteiger partial charge in [-0.15, -0.1) is 23.7 Å². The van der Waals surface area contributed by atoms with Crippen LogP contribution in [0.3, 0.4) is 0 Å². The van der Waals surface area contributed by atoms with E-state index in [9.17, 15) is 4.79 Å². The summed E-state index contributed by atoms with van der Waals surface area (Å²) < 4.78 is 1.19. The Morgan fingerprint density at radius 1 is 1.40 bits per heavy atom. The molecule has 0 spiro atoms. The van der Waals surface area contributed by atoms with Gasteiger partial charge in [-0.05, 0) is 31.4 Å². The first-order chi connectivity index (χ1) is 9.17. The second-order valence-corrected chi connectivity index (χ2v) is 6.21. The van der Waals surface area contributed by atoms with E-state index in [0.29, 0.717) is 6.54 Å². The maximum atomic E-state index is 11.9. The van der Waals surface area contributed by atoms with Crippen molar-refractivity contribution in [2.75, 3.05) is 6.54 Å². The number of thiazole rings is 1. The molecule has 2 aromatic rings. The Morgan fingerprint density at radius 3 is 2.80 bits per heavy atom. The third-order valence-electron chi connectivity index (χ3n) is 3.66. The van der Waals surface area contributed by atoms with Crippen LogP contribution in [0.2, 0.25) is 0 Å². The average molecular weight is 312 g/mol. The van der Waals surface area contributed by atoms with Crippen LogP contribution in [0.1, 0.15) is 24.3 Å². The molecule has 1 heterocycles. The van der Waals surface area contributed by atoms with Gasteiger partial charge in [-0.3, -0.25) is 4.79 Å². The van der Waals surface area contributed by atoms with E-state index in [-0.39, 0.29) is 18.3 Å². The third kappa shape index (κ3) is 2.95. The van der Waals surface area contributed by atoms with Crippen molar-refractivity contribution in [3.63, 3.8) is 0 Å². The van der Waals surface area contributed by atoms with Crippen molar-refractivity contribution >= 4 is 39.9 Å². The molecule has 1 fully saturated rings. The van der Waals surface area contributed by atoms with Crippen LogP contribution >= 0.6 is 23.7 Å². The molecule has 6 heteroatoms. The second kappa shape index (κ2) is 6.08. The van der Waals surface area contributed by atoms with E-state index in [1.54, 1.807) is 11.3 Å². The molecular weight excluding hydrogens is 294 g/mol. The van der Waals surface area contributed by atoms with Crippen molar-refractivity contribution in [1.29, 1.82) is 0 Å². The molecular formula is C14H18ClN3OS. The summed E-state index contributed by atoms with van der Waals surface area (Å²) in [5.41, 5.74) is 6.39. The van der Waals surface area contributed by atoms with Gasteiger partial charge in [0.05, 0.1) is 20.8 Å². The molecule has 108 valence electrons. The highest BCUT2D eigenvalue weighted by molar-refractivity contribution is 7.18. The number of carbonyl (C=O) groups excluding carboxylic acids is 1. The number of nitrogens with one attached hydrogen (secondary N) is 1. The Hall–Kier alpha value is -1.17. The van der Waals surface area contributed by atoms with Crippen molar-refractivity contribution in [3.8, 4) is 0 Å². The summed E-state index contributed by atoms with van der Waals surface area (Å²) in [4.78, 5) is 16.4. The van der Waals surface area contributed by atoms with E-state index in [1.807, 2.05) is 18.2 Å².